The van der Waals surface area contributed by atoms with Crippen molar-refractivity contribution in [2.75, 3.05) is 6.54 Å². The van der Waals surface area contributed by atoms with Crippen molar-refractivity contribution in [1.29, 1.82) is 0 Å². The molecule has 6 heteroatoms. The summed E-state index contributed by atoms with van der Waals surface area (Å²) in [6.07, 6.45) is 1.91. The van der Waals surface area contributed by atoms with E-state index in [4.69, 9.17) is 0 Å². The highest BCUT2D eigenvalue weighted by atomic mass is 32.1. The molecule has 2 amide bonds. The van der Waals surface area contributed by atoms with E-state index in [2.05, 4.69) is 28.7 Å². The van der Waals surface area contributed by atoms with Gasteiger partial charge in [-0.1, -0.05) is 6.92 Å². The molecule has 0 aromatic carbocycles. The number of fused-ring (bicyclic) bond motifs is 1. The van der Waals surface area contributed by atoms with Crippen LogP contribution < -0.4 is 5.32 Å². The van der Waals surface area contributed by atoms with E-state index in [1.807, 2.05) is 24.1 Å². The summed E-state index contributed by atoms with van der Waals surface area (Å²) in [4.78, 5) is 20.6. The number of rotatable bonds is 3. The Morgan fingerprint density at radius 3 is 3.05 bits per heavy atom. The summed E-state index contributed by atoms with van der Waals surface area (Å²) in [7, 11) is 0. The number of urea groups is 1. The van der Waals surface area contributed by atoms with Crippen molar-refractivity contribution in [3.05, 3.63) is 38.0 Å². The number of aryl methyl sites for hydroxylation is 1. The van der Waals surface area contributed by atoms with Crippen LogP contribution in [0.2, 0.25) is 0 Å². The second-order valence-corrected chi connectivity index (χ2v) is 7.69. The summed E-state index contributed by atoms with van der Waals surface area (Å²) in [5.74, 6) is 0. The molecule has 2 atom stereocenters. The van der Waals surface area contributed by atoms with Crippen molar-refractivity contribution in [1.82, 2.24) is 15.2 Å². The quantitative estimate of drug-likeness (QED) is 0.909. The number of amides is 2. The molecule has 22 heavy (non-hydrogen) atoms. The third-order valence-corrected chi connectivity index (χ3v) is 5.95. The highest BCUT2D eigenvalue weighted by Gasteiger charge is 2.31. The monoisotopic (exact) mass is 335 g/mol. The Bertz CT molecular complexity index is 664. The topological polar surface area (TPSA) is 45.2 Å². The van der Waals surface area contributed by atoms with E-state index in [0.717, 1.165) is 30.1 Å². The van der Waals surface area contributed by atoms with Gasteiger partial charge >= 0.3 is 6.03 Å². The van der Waals surface area contributed by atoms with Gasteiger partial charge in [-0.3, -0.25) is 0 Å². The molecule has 118 valence electrons. The zero-order valence-corrected chi connectivity index (χ0v) is 14.8. The van der Waals surface area contributed by atoms with E-state index in [1.54, 1.807) is 22.7 Å². The number of nitrogens with one attached hydrogen (secondary N) is 1. The highest BCUT2D eigenvalue weighted by molar-refractivity contribution is 7.10. The van der Waals surface area contributed by atoms with Gasteiger partial charge in [0.15, 0.2) is 0 Å². The first-order valence-electron chi connectivity index (χ1n) is 7.65. The average molecular weight is 335 g/mol. The average Bonchev–Trinajstić information content (AvgIpc) is 3.14. The number of hydrogen-bond donors (Lipinski definition) is 1. The van der Waals surface area contributed by atoms with Crippen LogP contribution in [0.5, 0.6) is 0 Å². The molecule has 2 aromatic heterocycles. The second kappa shape index (κ2) is 6.38. The van der Waals surface area contributed by atoms with Crippen LogP contribution in [-0.4, -0.2) is 22.5 Å². The molecular formula is C16H21N3OS2. The molecule has 2 unspecified atom stereocenters. The fraction of sp³-hybridized carbons (Fsp3) is 0.500. The van der Waals surface area contributed by atoms with Crippen LogP contribution in [0.25, 0.3) is 0 Å². The lowest BCUT2D eigenvalue weighted by atomic mass is 9.98. The van der Waals surface area contributed by atoms with Gasteiger partial charge in [0.1, 0.15) is 0 Å². The van der Waals surface area contributed by atoms with E-state index >= 15 is 0 Å². The first kappa shape index (κ1) is 15.5. The third kappa shape index (κ3) is 2.90. The molecule has 0 aliphatic carbocycles. The van der Waals surface area contributed by atoms with Gasteiger partial charge in [-0.05, 0) is 43.7 Å². The van der Waals surface area contributed by atoms with Gasteiger partial charge in [-0.25, -0.2) is 9.78 Å². The SMILES string of the molecule is CCC1c2ccsc2CCN1C(=O)NC(C)c1csc(C)n1. The van der Waals surface area contributed by atoms with Gasteiger partial charge in [-0.2, -0.15) is 0 Å². The summed E-state index contributed by atoms with van der Waals surface area (Å²) in [5.41, 5.74) is 2.27. The molecule has 1 aliphatic rings. The maximum Gasteiger partial charge on any atom is 0.318 e. The van der Waals surface area contributed by atoms with Crippen molar-refractivity contribution in [3.8, 4) is 0 Å². The summed E-state index contributed by atoms with van der Waals surface area (Å²) in [6.45, 7) is 6.91. The number of thiazole rings is 1. The number of carbonyl (C=O) groups is 1. The van der Waals surface area contributed by atoms with E-state index in [-0.39, 0.29) is 18.1 Å². The number of carbonyl (C=O) groups excluding carboxylic acids is 1. The van der Waals surface area contributed by atoms with Crippen LogP contribution in [-0.2, 0) is 6.42 Å². The van der Waals surface area contributed by atoms with Crippen molar-refractivity contribution in [2.24, 2.45) is 0 Å². The summed E-state index contributed by atoms with van der Waals surface area (Å²) < 4.78 is 0. The maximum absolute atomic E-state index is 12.7. The standard InChI is InChI=1S/C16H21N3OS2/c1-4-14-12-6-8-21-15(12)5-7-19(14)16(20)17-10(2)13-9-22-11(3)18-13/h6,8-10,14H,4-5,7H2,1-3H3,(H,17,20). The van der Waals surface area contributed by atoms with Crippen LogP contribution in [0.1, 0.15) is 53.5 Å². The summed E-state index contributed by atoms with van der Waals surface area (Å²) >= 11 is 3.42. The number of aromatic nitrogens is 1. The minimum Gasteiger partial charge on any atom is -0.330 e. The molecule has 3 rings (SSSR count). The third-order valence-electron chi connectivity index (χ3n) is 4.16. The van der Waals surface area contributed by atoms with Gasteiger partial charge < -0.3 is 10.2 Å². The lowest BCUT2D eigenvalue weighted by Crippen LogP contribution is -2.45. The van der Waals surface area contributed by atoms with Crippen molar-refractivity contribution in [2.45, 2.75) is 45.7 Å². The van der Waals surface area contributed by atoms with Crippen LogP contribution >= 0.6 is 22.7 Å². The van der Waals surface area contributed by atoms with Gasteiger partial charge in [0.05, 0.1) is 22.8 Å². The van der Waals surface area contributed by atoms with Crippen molar-refractivity contribution in [3.63, 3.8) is 0 Å². The second-order valence-electron chi connectivity index (χ2n) is 5.63. The van der Waals surface area contributed by atoms with Gasteiger partial charge in [0, 0.05) is 16.8 Å². The fourth-order valence-corrected chi connectivity index (χ4v) is 4.64. The molecule has 0 fully saturated rings. The van der Waals surface area contributed by atoms with Crippen LogP contribution in [0.15, 0.2) is 16.8 Å². The Morgan fingerprint density at radius 2 is 2.36 bits per heavy atom. The molecular weight excluding hydrogens is 314 g/mol. The molecule has 2 aromatic rings. The Balaban J connectivity index is 1.72. The van der Waals surface area contributed by atoms with Gasteiger partial charge in [-0.15, -0.1) is 22.7 Å². The first-order chi connectivity index (χ1) is 10.6. The maximum atomic E-state index is 12.7. The Hall–Kier alpha value is -1.40. The zero-order valence-electron chi connectivity index (χ0n) is 13.1. The molecule has 0 bridgehead atoms. The van der Waals surface area contributed by atoms with Gasteiger partial charge in [0.25, 0.3) is 0 Å². The van der Waals surface area contributed by atoms with Crippen molar-refractivity contribution < 1.29 is 4.79 Å². The van der Waals surface area contributed by atoms with E-state index in [1.165, 1.54) is 10.4 Å². The molecule has 0 spiro atoms. The van der Waals surface area contributed by atoms with Gasteiger partial charge in [0.2, 0.25) is 0 Å². The molecule has 0 saturated carbocycles. The molecule has 1 aliphatic heterocycles. The predicted octanol–water partition coefficient (Wildman–Crippen LogP) is 4.29. The van der Waals surface area contributed by atoms with Crippen molar-refractivity contribution >= 4 is 28.7 Å². The molecule has 1 N–H and O–H groups in total. The van der Waals surface area contributed by atoms with E-state index in [9.17, 15) is 4.79 Å². The lowest BCUT2D eigenvalue weighted by molar-refractivity contribution is 0.165. The van der Waals surface area contributed by atoms with Crippen LogP contribution in [0.3, 0.4) is 0 Å². The Labute approximate surface area is 139 Å². The minimum absolute atomic E-state index is 0.0156. The highest BCUT2D eigenvalue weighted by Crippen LogP contribution is 2.35. The Kier molecular flexibility index (Phi) is 4.49. The van der Waals surface area contributed by atoms with E-state index < -0.39 is 0 Å². The Morgan fingerprint density at radius 1 is 1.55 bits per heavy atom. The fourth-order valence-electron chi connectivity index (χ4n) is 3.00. The predicted molar refractivity (Wildman–Crippen MR) is 91.6 cm³/mol. The number of hydrogen-bond acceptors (Lipinski definition) is 4. The van der Waals surface area contributed by atoms with Crippen LogP contribution in [0.4, 0.5) is 4.79 Å². The lowest BCUT2D eigenvalue weighted by Gasteiger charge is -2.36. The summed E-state index contributed by atoms with van der Waals surface area (Å²) in [6, 6.07) is 2.32. The zero-order chi connectivity index (χ0) is 15.7. The smallest absolute Gasteiger partial charge is 0.318 e. The minimum atomic E-state index is -0.0566. The van der Waals surface area contributed by atoms with E-state index in [0.29, 0.717) is 0 Å². The molecule has 0 radical (unpaired) electrons. The largest absolute Gasteiger partial charge is 0.330 e. The van der Waals surface area contributed by atoms with Crippen LogP contribution in [0, 0.1) is 6.92 Å². The normalized spacial score (nSPS) is 18.9. The molecule has 4 nitrogen and oxygen atoms in total. The first-order valence-corrected chi connectivity index (χ1v) is 9.41. The molecule has 0 saturated heterocycles. The molecule has 3 heterocycles. The summed E-state index contributed by atoms with van der Waals surface area (Å²) in [5, 5.41) is 8.28. The number of thiophene rings is 1. The number of nitrogens with zero attached hydrogens (tertiary/aromatic N) is 2.